The summed E-state index contributed by atoms with van der Waals surface area (Å²) in [7, 11) is 0. The van der Waals surface area contributed by atoms with Crippen molar-refractivity contribution in [1.29, 1.82) is 0 Å². The van der Waals surface area contributed by atoms with E-state index < -0.39 is 0 Å². The Morgan fingerprint density at radius 3 is 2.55 bits per heavy atom. The predicted molar refractivity (Wildman–Crippen MR) is 101 cm³/mol. The van der Waals surface area contributed by atoms with Crippen LogP contribution in [-0.2, 0) is 4.79 Å². The van der Waals surface area contributed by atoms with Crippen LogP contribution in [-0.4, -0.2) is 72.0 Å². The molecule has 0 saturated carbocycles. The summed E-state index contributed by atoms with van der Waals surface area (Å²) in [5, 5.41) is 3.63. The van der Waals surface area contributed by atoms with Gasteiger partial charge in [0.1, 0.15) is 0 Å². The fourth-order valence-corrected chi connectivity index (χ4v) is 4.04. The molecule has 2 heterocycles. The number of amides is 1. The molecule has 2 atom stereocenters. The second kappa shape index (κ2) is 11.8. The Bertz CT molecular complexity index is 319. The van der Waals surface area contributed by atoms with E-state index in [1.807, 2.05) is 0 Å². The molecule has 2 saturated heterocycles. The van der Waals surface area contributed by atoms with Gasteiger partial charge in [0, 0.05) is 37.5 Å². The fourth-order valence-electron chi connectivity index (χ4n) is 3.15. The second-order valence-electron chi connectivity index (χ2n) is 5.85. The number of carbonyl (C=O) groups is 1. The summed E-state index contributed by atoms with van der Waals surface area (Å²) < 4.78 is 0. The fraction of sp³-hybridized carbons (Fsp3) is 0.933. The van der Waals surface area contributed by atoms with Gasteiger partial charge in [0.05, 0.1) is 5.75 Å². The average Bonchev–Trinajstić information content (AvgIpc) is 2.78. The van der Waals surface area contributed by atoms with Gasteiger partial charge in [-0.25, -0.2) is 0 Å². The quantitative estimate of drug-likeness (QED) is 0.696. The zero-order valence-corrected chi connectivity index (χ0v) is 16.2. The number of halogens is 2. The van der Waals surface area contributed by atoms with Gasteiger partial charge in [-0.05, 0) is 32.4 Å². The summed E-state index contributed by atoms with van der Waals surface area (Å²) in [5.41, 5.74) is 0. The molecule has 0 aliphatic carbocycles. The highest BCUT2D eigenvalue weighted by Crippen LogP contribution is 2.20. The van der Waals surface area contributed by atoms with Crippen molar-refractivity contribution in [3.63, 3.8) is 0 Å². The van der Waals surface area contributed by atoms with Gasteiger partial charge in [0.15, 0.2) is 0 Å². The van der Waals surface area contributed by atoms with Crippen LogP contribution in [0, 0.1) is 0 Å². The molecule has 0 aromatic heterocycles. The third kappa shape index (κ3) is 6.83. The average molecular weight is 372 g/mol. The summed E-state index contributed by atoms with van der Waals surface area (Å²) in [5.74, 6) is 2.05. The number of hydrogen-bond donors (Lipinski definition) is 1. The van der Waals surface area contributed by atoms with Crippen LogP contribution >= 0.6 is 36.6 Å². The van der Waals surface area contributed by atoms with E-state index in [1.54, 1.807) is 11.8 Å². The van der Waals surface area contributed by atoms with Crippen molar-refractivity contribution in [3.8, 4) is 0 Å². The van der Waals surface area contributed by atoms with Crippen LogP contribution in [0.3, 0.4) is 0 Å². The summed E-state index contributed by atoms with van der Waals surface area (Å²) in [6.45, 7) is 9.56. The largest absolute Gasteiger partial charge is 0.340 e. The molecule has 2 unspecified atom stereocenters. The highest BCUT2D eigenvalue weighted by atomic mass is 35.5. The van der Waals surface area contributed by atoms with Gasteiger partial charge in [-0.3, -0.25) is 4.79 Å². The van der Waals surface area contributed by atoms with Gasteiger partial charge < -0.3 is 15.1 Å². The number of thioether (sulfide) groups is 1. The van der Waals surface area contributed by atoms with Crippen LogP contribution in [0.15, 0.2) is 0 Å². The highest BCUT2D eigenvalue weighted by molar-refractivity contribution is 7.99. The molecule has 22 heavy (non-hydrogen) atoms. The van der Waals surface area contributed by atoms with Crippen molar-refractivity contribution in [2.24, 2.45) is 0 Å². The summed E-state index contributed by atoms with van der Waals surface area (Å²) in [6, 6.07) is 1.21. The Balaban J connectivity index is 0.00000220. The third-order valence-corrected chi connectivity index (χ3v) is 5.47. The van der Waals surface area contributed by atoms with E-state index in [-0.39, 0.29) is 24.8 Å². The summed E-state index contributed by atoms with van der Waals surface area (Å²) in [6.07, 6.45) is 3.67. The Labute approximate surface area is 151 Å². The molecule has 0 aromatic carbocycles. The first-order valence-corrected chi connectivity index (χ1v) is 9.22. The van der Waals surface area contributed by atoms with E-state index in [0.717, 1.165) is 44.9 Å². The molecule has 0 spiro atoms. The normalized spacial score (nSPS) is 23.7. The summed E-state index contributed by atoms with van der Waals surface area (Å²) >= 11 is 1.79. The van der Waals surface area contributed by atoms with Crippen molar-refractivity contribution in [1.82, 2.24) is 15.1 Å². The van der Waals surface area contributed by atoms with E-state index >= 15 is 0 Å². The molecule has 132 valence electrons. The Morgan fingerprint density at radius 1 is 1.18 bits per heavy atom. The van der Waals surface area contributed by atoms with E-state index in [4.69, 9.17) is 0 Å². The molecular weight excluding hydrogens is 341 g/mol. The topological polar surface area (TPSA) is 35.6 Å². The molecule has 0 aromatic rings. The van der Waals surface area contributed by atoms with Gasteiger partial charge in [-0.2, -0.15) is 11.8 Å². The van der Waals surface area contributed by atoms with E-state index in [9.17, 15) is 4.79 Å². The molecule has 2 rings (SSSR count). The zero-order chi connectivity index (χ0) is 14.4. The number of hydrogen-bond acceptors (Lipinski definition) is 4. The van der Waals surface area contributed by atoms with E-state index in [1.165, 1.54) is 12.8 Å². The molecule has 1 amide bonds. The van der Waals surface area contributed by atoms with Crippen molar-refractivity contribution in [2.75, 3.05) is 44.2 Å². The third-order valence-electron chi connectivity index (χ3n) is 4.55. The molecule has 1 N–H and O–H groups in total. The number of rotatable bonds is 7. The van der Waals surface area contributed by atoms with Crippen molar-refractivity contribution in [2.45, 2.75) is 45.2 Å². The first kappa shape index (κ1) is 22.3. The molecule has 2 aliphatic rings. The SMILES string of the molecule is CCN(CC)CCSCC(=O)N1CCC2CCC(C1)N2.Cl.Cl. The number of fused-ring (bicyclic) bond motifs is 2. The molecule has 2 fully saturated rings. The minimum Gasteiger partial charge on any atom is -0.340 e. The van der Waals surface area contributed by atoms with Crippen LogP contribution in [0.25, 0.3) is 0 Å². The maximum Gasteiger partial charge on any atom is 0.232 e. The van der Waals surface area contributed by atoms with Crippen LogP contribution < -0.4 is 5.32 Å². The second-order valence-corrected chi connectivity index (χ2v) is 6.95. The molecule has 2 aliphatic heterocycles. The maximum absolute atomic E-state index is 12.3. The lowest BCUT2D eigenvalue weighted by Gasteiger charge is -2.24. The van der Waals surface area contributed by atoms with Crippen LogP contribution in [0.1, 0.15) is 33.1 Å². The molecule has 7 heteroatoms. The van der Waals surface area contributed by atoms with E-state index in [2.05, 4.69) is 29.0 Å². The van der Waals surface area contributed by atoms with Gasteiger partial charge in [0.25, 0.3) is 0 Å². The molecule has 0 radical (unpaired) electrons. The van der Waals surface area contributed by atoms with E-state index in [0.29, 0.717) is 23.7 Å². The molecule has 4 nitrogen and oxygen atoms in total. The van der Waals surface area contributed by atoms with Gasteiger partial charge in [-0.15, -0.1) is 24.8 Å². The minimum absolute atomic E-state index is 0. The standard InChI is InChI=1S/C15H29N3OS.2ClH/c1-3-17(4-2)9-10-20-12-15(19)18-8-7-13-5-6-14(11-18)16-13;;/h13-14,16H,3-12H2,1-2H3;2*1H. The highest BCUT2D eigenvalue weighted by Gasteiger charge is 2.30. The van der Waals surface area contributed by atoms with Crippen molar-refractivity contribution in [3.05, 3.63) is 0 Å². The summed E-state index contributed by atoms with van der Waals surface area (Å²) in [4.78, 5) is 16.8. The first-order valence-electron chi connectivity index (χ1n) is 8.06. The van der Waals surface area contributed by atoms with Crippen molar-refractivity contribution < 1.29 is 4.79 Å². The van der Waals surface area contributed by atoms with Crippen LogP contribution in [0.4, 0.5) is 0 Å². The van der Waals surface area contributed by atoms with Gasteiger partial charge in [0.2, 0.25) is 5.91 Å². The monoisotopic (exact) mass is 371 g/mol. The van der Waals surface area contributed by atoms with Crippen molar-refractivity contribution >= 4 is 42.5 Å². The van der Waals surface area contributed by atoms with Crippen LogP contribution in [0.5, 0.6) is 0 Å². The maximum atomic E-state index is 12.3. The molecule has 2 bridgehead atoms. The number of nitrogens with one attached hydrogen (secondary N) is 1. The number of likely N-dealkylation sites (tertiary alicyclic amines) is 1. The minimum atomic E-state index is 0. The Kier molecular flexibility index (Phi) is 12.0. The Morgan fingerprint density at radius 2 is 1.86 bits per heavy atom. The lowest BCUT2D eigenvalue weighted by molar-refractivity contribution is -0.128. The first-order chi connectivity index (χ1) is 9.72. The van der Waals surface area contributed by atoms with Crippen LogP contribution in [0.2, 0.25) is 0 Å². The smallest absolute Gasteiger partial charge is 0.232 e. The van der Waals surface area contributed by atoms with Gasteiger partial charge >= 0.3 is 0 Å². The zero-order valence-electron chi connectivity index (χ0n) is 13.8. The predicted octanol–water partition coefficient (Wildman–Crippen LogP) is 2.26. The Hall–Kier alpha value is 0.320. The molecular formula is C15H31Cl2N3OS. The van der Waals surface area contributed by atoms with Gasteiger partial charge in [-0.1, -0.05) is 13.8 Å². The lowest BCUT2D eigenvalue weighted by atomic mass is 10.1. The number of nitrogens with zero attached hydrogens (tertiary/aromatic N) is 2. The lowest BCUT2D eigenvalue weighted by Crippen LogP contribution is -2.40. The number of carbonyl (C=O) groups excluding carboxylic acids is 1.